The molecule has 5 heteroatoms. The summed E-state index contributed by atoms with van der Waals surface area (Å²) in [5.41, 5.74) is 0.501. The van der Waals surface area contributed by atoms with Gasteiger partial charge in [-0.15, -0.1) is 0 Å². The van der Waals surface area contributed by atoms with E-state index in [1.807, 2.05) is 38.1 Å². The highest BCUT2D eigenvalue weighted by Crippen LogP contribution is 2.26. The highest BCUT2D eigenvalue weighted by Gasteiger charge is 2.10. The van der Waals surface area contributed by atoms with Gasteiger partial charge < -0.3 is 9.84 Å². The Hall–Kier alpha value is -1.46. The molecule has 1 aromatic heterocycles. The van der Waals surface area contributed by atoms with E-state index in [9.17, 15) is 5.11 Å². The molecule has 0 aliphatic heterocycles. The zero-order chi connectivity index (χ0) is 13.8. The third kappa shape index (κ3) is 3.52. The number of aromatic nitrogens is 2. The SMILES string of the molecule is CC(C)c1ncc(Oc2ccc(Br)cc2)c(CO)n1. The van der Waals surface area contributed by atoms with E-state index in [1.165, 1.54) is 0 Å². The summed E-state index contributed by atoms with van der Waals surface area (Å²) in [5, 5.41) is 9.37. The van der Waals surface area contributed by atoms with Gasteiger partial charge in [0.15, 0.2) is 5.75 Å². The van der Waals surface area contributed by atoms with Gasteiger partial charge in [-0.25, -0.2) is 9.97 Å². The summed E-state index contributed by atoms with van der Waals surface area (Å²) in [7, 11) is 0. The van der Waals surface area contributed by atoms with Crippen LogP contribution in [0.3, 0.4) is 0 Å². The van der Waals surface area contributed by atoms with E-state index in [0.717, 1.165) is 4.47 Å². The van der Waals surface area contributed by atoms with E-state index >= 15 is 0 Å². The van der Waals surface area contributed by atoms with Crippen molar-refractivity contribution >= 4 is 15.9 Å². The van der Waals surface area contributed by atoms with E-state index in [1.54, 1.807) is 6.20 Å². The van der Waals surface area contributed by atoms with E-state index in [4.69, 9.17) is 4.74 Å². The van der Waals surface area contributed by atoms with Crippen LogP contribution in [0.4, 0.5) is 0 Å². The molecule has 4 nitrogen and oxygen atoms in total. The third-order valence-electron chi connectivity index (χ3n) is 2.56. The topological polar surface area (TPSA) is 55.2 Å². The summed E-state index contributed by atoms with van der Waals surface area (Å²) >= 11 is 3.36. The summed E-state index contributed by atoms with van der Waals surface area (Å²) in [6.07, 6.45) is 1.61. The number of aliphatic hydroxyl groups is 1. The lowest BCUT2D eigenvalue weighted by Crippen LogP contribution is -2.03. The molecule has 0 atom stereocenters. The normalized spacial score (nSPS) is 10.8. The number of halogens is 1. The van der Waals surface area contributed by atoms with Crippen molar-refractivity contribution in [1.29, 1.82) is 0 Å². The smallest absolute Gasteiger partial charge is 0.169 e. The first-order valence-corrected chi connectivity index (χ1v) is 6.79. The van der Waals surface area contributed by atoms with E-state index < -0.39 is 0 Å². The van der Waals surface area contributed by atoms with E-state index in [-0.39, 0.29) is 12.5 Å². The molecule has 0 radical (unpaired) electrons. The lowest BCUT2D eigenvalue weighted by molar-refractivity contribution is 0.270. The maximum atomic E-state index is 9.37. The van der Waals surface area contributed by atoms with Crippen molar-refractivity contribution in [2.75, 3.05) is 0 Å². The van der Waals surface area contributed by atoms with Gasteiger partial charge in [-0.3, -0.25) is 0 Å². The number of ether oxygens (including phenoxy) is 1. The predicted octanol–water partition coefficient (Wildman–Crippen LogP) is 3.65. The first-order valence-electron chi connectivity index (χ1n) is 6.00. The summed E-state index contributed by atoms with van der Waals surface area (Å²) in [6, 6.07) is 7.44. The zero-order valence-electron chi connectivity index (χ0n) is 10.8. The van der Waals surface area contributed by atoms with Gasteiger partial charge in [0.2, 0.25) is 0 Å². The lowest BCUT2D eigenvalue weighted by Gasteiger charge is -2.11. The molecule has 2 aromatic rings. The molecule has 1 heterocycles. The van der Waals surface area contributed by atoms with Crippen LogP contribution in [0.5, 0.6) is 11.5 Å². The molecule has 0 aliphatic rings. The minimum absolute atomic E-state index is 0.173. The maximum absolute atomic E-state index is 9.37. The summed E-state index contributed by atoms with van der Waals surface area (Å²) < 4.78 is 6.66. The summed E-state index contributed by atoms with van der Waals surface area (Å²) in [5.74, 6) is 2.08. The number of benzene rings is 1. The number of aliphatic hydroxyl groups excluding tert-OH is 1. The van der Waals surface area contributed by atoms with Crippen molar-refractivity contribution in [1.82, 2.24) is 9.97 Å². The maximum Gasteiger partial charge on any atom is 0.169 e. The second kappa shape index (κ2) is 6.12. The number of hydrogen-bond acceptors (Lipinski definition) is 4. The zero-order valence-corrected chi connectivity index (χ0v) is 12.4. The largest absolute Gasteiger partial charge is 0.454 e. The van der Waals surface area contributed by atoms with Crippen molar-refractivity contribution in [3.63, 3.8) is 0 Å². The van der Waals surface area contributed by atoms with Crippen molar-refractivity contribution in [3.8, 4) is 11.5 Å². The summed E-state index contributed by atoms with van der Waals surface area (Å²) in [4.78, 5) is 8.55. The Bertz CT molecular complexity index is 556. The lowest BCUT2D eigenvalue weighted by atomic mass is 10.2. The van der Waals surface area contributed by atoms with Crippen LogP contribution in [0, 0.1) is 0 Å². The van der Waals surface area contributed by atoms with Crippen LogP contribution in [-0.4, -0.2) is 15.1 Å². The second-order valence-corrected chi connectivity index (χ2v) is 5.32. The molecule has 0 amide bonds. The Morgan fingerprint density at radius 1 is 1.26 bits per heavy atom. The Kier molecular flexibility index (Phi) is 4.50. The number of nitrogens with zero attached hydrogens (tertiary/aromatic N) is 2. The van der Waals surface area contributed by atoms with Crippen LogP contribution in [-0.2, 0) is 6.61 Å². The van der Waals surface area contributed by atoms with Crippen molar-refractivity contribution < 1.29 is 9.84 Å². The molecule has 0 aliphatic carbocycles. The van der Waals surface area contributed by atoms with Crippen LogP contribution in [0.1, 0.15) is 31.3 Å². The van der Waals surface area contributed by atoms with Gasteiger partial charge >= 0.3 is 0 Å². The Balaban J connectivity index is 2.27. The number of hydrogen-bond donors (Lipinski definition) is 1. The minimum atomic E-state index is -0.173. The second-order valence-electron chi connectivity index (χ2n) is 4.41. The molecule has 0 unspecified atom stereocenters. The van der Waals surface area contributed by atoms with Gasteiger partial charge in [0, 0.05) is 10.4 Å². The van der Waals surface area contributed by atoms with Crippen LogP contribution >= 0.6 is 15.9 Å². The average molecular weight is 323 g/mol. The van der Waals surface area contributed by atoms with Gasteiger partial charge in [0.05, 0.1) is 12.8 Å². The minimum Gasteiger partial charge on any atom is -0.454 e. The fraction of sp³-hybridized carbons (Fsp3) is 0.286. The molecule has 0 bridgehead atoms. The Morgan fingerprint density at radius 3 is 2.53 bits per heavy atom. The van der Waals surface area contributed by atoms with Crippen molar-refractivity contribution in [2.24, 2.45) is 0 Å². The average Bonchev–Trinajstić information content (AvgIpc) is 2.41. The molecule has 1 N–H and O–H groups in total. The van der Waals surface area contributed by atoms with Gasteiger partial charge in [0.1, 0.15) is 17.3 Å². The van der Waals surface area contributed by atoms with Gasteiger partial charge in [0.25, 0.3) is 0 Å². The molecule has 0 saturated carbocycles. The first kappa shape index (κ1) is 14.0. The molecular weight excluding hydrogens is 308 g/mol. The van der Waals surface area contributed by atoms with Crippen molar-refractivity contribution in [2.45, 2.75) is 26.4 Å². The quantitative estimate of drug-likeness (QED) is 0.933. The van der Waals surface area contributed by atoms with Crippen LogP contribution in [0.2, 0.25) is 0 Å². The van der Waals surface area contributed by atoms with Crippen LogP contribution < -0.4 is 4.74 Å². The van der Waals surface area contributed by atoms with Gasteiger partial charge in [-0.05, 0) is 24.3 Å². The van der Waals surface area contributed by atoms with Gasteiger partial charge in [-0.1, -0.05) is 29.8 Å². The standard InChI is InChI=1S/C14H15BrN2O2/c1-9(2)14-16-7-13(12(8-18)17-14)19-11-5-3-10(15)4-6-11/h3-7,9,18H,8H2,1-2H3. The summed E-state index contributed by atoms with van der Waals surface area (Å²) in [6.45, 7) is 3.84. The molecular formula is C14H15BrN2O2. The predicted molar refractivity (Wildman–Crippen MR) is 76.3 cm³/mol. The van der Waals surface area contributed by atoms with Crippen LogP contribution in [0.25, 0.3) is 0 Å². The third-order valence-corrected chi connectivity index (χ3v) is 3.08. The molecule has 100 valence electrons. The number of rotatable bonds is 4. The monoisotopic (exact) mass is 322 g/mol. The Labute approximate surface area is 120 Å². The fourth-order valence-electron chi connectivity index (χ4n) is 1.53. The van der Waals surface area contributed by atoms with Gasteiger partial charge in [-0.2, -0.15) is 0 Å². The first-order chi connectivity index (χ1) is 9.10. The van der Waals surface area contributed by atoms with E-state index in [2.05, 4.69) is 25.9 Å². The molecule has 0 fully saturated rings. The molecule has 1 aromatic carbocycles. The fourth-order valence-corrected chi connectivity index (χ4v) is 1.79. The molecule has 0 saturated heterocycles. The van der Waals surface area contributed by atoms with Crippen molar-refractivity contribution in [3.05, 3.63) is 46.5 Å². The van der Waals surface area contributed by atoms with Crippen LogP contribution in [0.15, 0.2) is 34.9 Å². The molecule has 2 rings (SSSR count). The highest BCUT2D eigenvalue weighted by atomic mass is 79.9. The highest BCUT2D eigenvalue weighted by molar-refractivity contribution is 9.10. The molecule has 0 spiro atoms. The van der Waals surface area contributed by atoms with E-state index in [0.29, 0.717) is 23.0 Å². The Morgan fingerprint density at radius 2 is 1.95 bits per heavy atom. The molecule has 19 heavy (non-hydrogen) atoms.